The van der Waals surface area contributed by atoms with E-state index in [1.807, 2.05) is 47.0 Å². The van der Waals surface area contributed by atoms with Crippen LogP contribution in [0.3, 0.4) is 0 Å². The number of hydrogen-bond donors (Lipinski definition) is 0. The highest BCUT2D eigenvalue weighted by atomic mass is 16.2. The largest absolute Gasteiger partial charge is 0.332 e. The van der Waals surface area contributed by atoms with Gasteiger partial charge in [-0.15, -0.1) is 0 Å². The number of anilines is 2. The maximum absolute atomic E-state index is 13.9. The van der Waals surface area contributed by atoms with Crippen molar-refractivity contribution in [2.45, 2.75) is 33.4 Å². The van der Waals surface area contributed by atoms with Gasteiger partial charge in [-0.1, -0.05) is 68.4 Å². The Morgan fingerprint density at radius 2 is 1.69 bits per heavy atom. The van der Waals surface area contributed by atoms with Gasteiger partial charge in [-0.25, -0.2) is 4.79 Å². The van der Waals surface area contributed by atoms with Crippen molar-refractivity contribution >= 4 is 33.6 Å². The molecule has 0 saturated heterocycles. The summed E-state index contributed by atoms with van der Waals surface area (Å²) in [5.74, 6) is 1.02. The predicted octanol–water partition coefficient (Wildman–Crippen LogP) is 4.45. The summed E-state index contributed by atoms with van der Waals surface area (Å²) in [5, 5.41) is 2.13. The van der Waals surface area contributed by atoms with E-state index in [-0.39, 0.29) is 17.8 Å². The van der Waals surface area contributed by atoms with Crippen LogP contribution in [0.25, 0.3) is 21.9 Å². The van der Waals surface area contributed by atoms with Crippen LogP contribution in [0.5, 0.6) is 0 Å². The Labute approximate surface area is 208 Å². The van der Waals surface area contributed by atoms with E-state index in [9.17, 15) is 9.59 Å². The second-order valence-corrected chi connectivity index (χ2v) is 9.80. The number of fused-ring (bicyclic) bond motifs is 4. The number of rotatable bonds is 4. The average molecular weight is 480 g/mol. The van der Waals surface area contributed by atoms with Crippen LogP contribution in [0.4, 0.5) is 11.6 Å². The van der Waals surface area contributed by atoms with Gasteiger partial charge < -0.3 is 9.47 Å². The molecule has 3 heterocycles. The fraction of sp³-hybridized carbons (Fsp3) is 0.276. The highest BCUT2D eigenvalue weighted by molar-refractivity contribution is 5.85. The van der Waals surface area contributed by atoms with E-state index in [4.69, 9.17) is 4.98 Å². The average Bonchev–Trinajstić information content (AvgIpc) is 3.29. The first kappa shape index (κ1) is 22.3. The summed E-state index contributed by atoms with van der Waals surface area (Å²) in [6.45, 7) is 6.01. The van der Waals surface area contributed by atoms with E-state index < -0.39 is 0 Å². The molecule has 5 aromatic rings. The highest BCUT2D eigenvalue weighted by Crippen LogP contribution is 2.33. The topological polar surface area (TPSA) is 65.1 Å². The van der Waals surface area contributed by atoms with Gasteiger partial charge in [-0.2, -0.15) is 4.98 Å². The second kappa shape index (κ2) is 8.52. The van der Waals surface area contributed by atoms with Gasteiger partial charge >= 0.3 is 5.69 Å². The number of benzene rings is 3. The minimum absolute atomic E-state index is 0.209. The molecule has 0 amide bonds. The van der Waals surface area contributed by atoms with Crippen LogP contribution in [0.2, 0.25) is 0 Å². The summed E-state index contributed by atoms with van der Waals surface area (Å²) in [6, 6.07) is 22.5. The molecule has 0 fully saturated rings. The van der Waals surface area contributed by atoms with E-state index in [1.54, 1.807) is 7.05 Å². The third-order valence-corrected chi connectivity index (χ3v) is 7.31. The Balaban J connectivity index is 1.53. The molecule has 7 nitrogen and oxygen atoms in total. The standard InChI is InChI=1S/C29H29N5O2/c1-4-20-12-14-23(15-13-20)32-16-19(2)17-33-25-26(30-28(32)33)31(3)29(36)34(27(25)35)18-22-10-7-9-21-8-5-6-11-24(21)22/h5-15,19H,4,16-18H2,1-3H3/t19-/m0/s1. The molecular weight excluding hydrogens is 450 g/mol. The Morgan fingerprint density at radius 3 is 2.47 bits per heavy atom. The van der Waals surface area contributed by atoms with Gasteiger partial charge in [0, 0.05) is 25.8 Å². The molecule has 1 aliphatic rings. The van der Waals surface area contributed by atoms with Crippen LogP contribution >= 0.6 is 0 Å². The molecule has 1 atom stereocenters. The first-order valence-electron chi connectivity index (χ1n) is 12.5. The van der Waals surface area contributed by atoms with Gasteiger partial charge in [0.15, 0.2) is 11.2 Å². The van der Waals surface area contributed by atoms with Crippen LogP contribution in [0, 0.1) is 5.92 Å². The predicted molar refractivity (Wildman–Crippen MR) is 144 cm³/mol. The first-order valence-corrected chi connectivity index (χ1v) is 12.5. The summed E-state index contributed by atoms with van der Waals surface area (Å²) < 4.78 is 4.85. The van der Waals surface area contributed by atoms with Crippen molar-refractivity contribution in [1.82, 2.24) is 18.7 Å². The summed E-state index contributed by atoms with van der Waals surface area (Å²) in [7, 11) is 1.70. The van der Waals surface area contributed by atoms with Gasteiger partial charge in [-0.3, -0.25) is 13.9 Å². The third kappa shape index (κ3) is 3.46. The zero-order chi connectivity index (χ0) is 25.0. The zero-order valence-corrected chi connectivity index (χ0v) is 20.8. The molecule has 0 radical (unpaired) electrons. The summed E-state index contributed by atoms with van der Waals surface area (Å²) in [6.07, 6.45) is 0.980. The number of aryl methyl sites for hydroxylation is 2. The molecule has 7 heteroatoms. The number of aromatic nitrogens is 4. The van der Waals surface area contributed by atoms with E-state index >= 15 is 0 Å². The molecule has 182 valence electrons. The van der Waals surface area contributed by atoms with E-state index in [0.29, 0.717) is 29.6 Å². The van der Waals surface area contributed by atoms with E-state index in [0.717, 1.165) is 35.0 Å². The first-order chi connectivity index (χ1) is 17.5. The minimum atomic E-state index is -0.359. The van der Waals surface area contributed by atoms with Crippen molar-refractivity contribution in [2.24, 2.45) is 13.0 Å². The SMILES string of the molecule is CCc1ccc(N2C[C@H](C)Cn3c2nc2c3c(=O)n(Cc3cccc4ccccc34)c(=O)n2C)cc1. The molecule has 3 aromatic carbocycles. The molecule has 0 unspecified atom stereocenters. The minimum Gasteiger partial charge on any atom is -0.312 e. The number of imidazole rings is 1. The maximum atomic E-state index is 13.9. The molecule has 2 aromatic heterocycles. The van der Waals surface area contributed by atoms with E-state index in [2.05, 4.69) is 43.0 Å². The van der Waals surface area contributed by atoms with Crippen molar-refractivity contribution in [1.29, 1.82) is 0 Å². The second-order valence-electron chi connectivity index (χ2n) is 9.80. The van der Waals surface area contributed by atoms with Crippen LogP contribution in [-0.4, -0.2) is 25.2 Å². The number of nitrogens with zero attached hydrogens (tertiary/aromatic N) is 5. The van der Waals surface area contributed by atoms with Crippen LogP contribution in [0.15, 0.2) is 76.3 Å². The Bertz CT molecular complexity index is 1720. The fourth-order valence-electron chi connectivity index (χ4n) is 5.37. The number of hydrogen-bond acceptors (Lipinski definition) is 4. The molecule has 0 bridgehead atoms. The lowest BCUT2D eigenvalue weighted by Gasteiger charge is -2.33. The molecule has 0 spiro atoms. The molecule has 0 aliphatic carbocycles. The molecule has 6 rings (SSSR count). The molecule has 36 heavy (non-hydrogen) atoms. The van der Waals surface area contributed by atoms with E-state index in [1.165, 1.54) is 14.7 Å². The molecule has 1 aliphatic heterocycles. The van der Waals surface area contributed by atoms with Crippen LogP contribution < -0.4 is 16.1 Å². The maximum Gasteiger partial charge on any atom is 0.332 e. The van der Waals surface area contributed by atoms with Crippen LogP contribution in [-0.2, 0) is 26.6 Å². The van der Waals surface area contributed by atoms with Gasteiger partial charge in [0.25, 0.3) is 5.56 Å². The normalized spacial score (nSPS) is 15.5. The summed E-state index contributed by atoms with van der Waals surface area (Å²) in [4.78, 5) is 34.3. The third-order valence-electron chi connectivity index (χ3n) is 7.31. The van der Waals surface area contributed by atoms with Crippen molar-refractivity contribution in [3.05, 3.63) is 98.7 Å². The lowest BCUT2D eigenvalue weighted by molar-refractivity contribution is 0.458. The van der Waals surface area contributed by atoms with Crippen molar-refractivity contribution in [3.8, 4) is 0 Å². The quantitative estimate of drug-likeness (QED) is 0.382. The van der Waals surface area contributed by atoms with Gasteiger partial charge in [0.1, 0.15) is 0 Å². The van der Waals surface area contributed by atoms with Crippen LogP contribution in [0.1, 0.15) is 25.0 Å². The molecule has 0 N–H and O–H groups in total. The van der Waals surface area contributed by atoms with Gasteiger partial charge in [-0.05, 0) is 46.4 Å². The monoisotopic (exact) mass is 479 g/mol. The molecular formula is C29H29N5O2. The fourth-order valence-corrected chi connectivity index (χ4v) is 5.37. The molecule has 0 saturated carbocycles. The highest BCUT2D eigenvalue weighted by Gasteiger charge is 2.30. The summed E-state index contributed by atoms with van der Waals surface area (Å²) in [5.41, 5.74) is 3.51. The Morgan fingerprint density at radius 1 is 0.944 bits per heavy atom. The van der Waals surface area contributed by atoms with Gasteiger partial charge in [0.2, 0.25) is 5.95 Å². The summed E-state index contributed by atoms with van der Waals surface area (Å²) >= 11 is 0. The Kier molecular flexibility index (Phi) is 5.29. The lowest BCUT2D eigenvalue weighted by Crippen LogP contribution is -2.40. The van der Waals surface area contributed by atoms with Crippen molar-refractivity contribution < 1.29 is 0 Å². The van der Waals surface area contributed by atoms with Crippen molar-refractivity contribution in [2.75, 3.05) is 11.4 Å². The van der Waals surface area contributed by atoms with Gasteiger partial charge in [0.05, 0.1) is 6.54 Å². The Hall–Kier alpha value is -4.13. The lowest BCUT2D eigenvalue weighted by atomic mass is 10.0. The smallest absolute Gasteiger partial charge is 0.312 e. The zero-order valence-electron chi connectivity index (χ0n) is 20.8. The van der Waals surface area contributed by atoms with Crippen molar-refractivity contribution in [3.63, 3.8) is 0 Å².